The third kappa shape index (κ3) is 3.83. The molecule has 0 aliphatic carbocycles. The van der Waals surface area contributed by atoms with E-state index in [1.165, 1.54) is 15.9 Å². The van der Waals surface area contributed by atoms with E-state index >= 15 is 0 Å². The Morgan fingerprint density at radius 3 is 1.31 bits per heavy atom. The van der Waals surface area contributed by atoms with E-state index in [2.05, 4.69) is 120 Å². The van der Waals surface area contributed by atoms with Gasteiger partial charge in [-0.05, 0) is 0 Å². The molecule has 1 N–H and O–H groups in total. The summed E-state index contributed by atoms with van der Waals surface area (Å²) in [5.74, 6) is 0. The van der Waals surface area contributed by atoms with Crippen molar-refractivity contribution < 1.29 is 5.11 Å². The van der Waals surface area contributed by atoms with Gasteiger partial charge in [-0.25, -0.2) is 0 Å². The van der Waals surface area contributed by atoms with Crippen molar-refractivity contribution in [3.63, 3.8) is 0 Å². The van der Waals surface area contributed by atoms with E-state index < -0.39 is 5.31 Å². The number of rotatable bonds is 9. The summed E-state index contributed by atoms with van der Waals surface area (Å²) in [6.45, 7) is 4.38. The van der Waals surface area contributed by atoms with Crippen molar-refractivity contribution in [1.82, 2.24) is 0 Å². The second kappa shape index (κ2) is 9.56. The zero-order valence-corrected chi connectivity index (χ0v) is 19.9. The number of aliphatic hydroxyl groups excluding tert-OH is 1. The molecule has 29 heavy (non-hydrogen) atoms. The molecule has 0 saturated heterocycles. The van der Waals surface area contributed by atoms with Crippen LogP contribution in [0.4, 0.5) is 0 Å². The first kappa shape index (κ1) is 22.2. The van der Waals surface area contributed by atoms with Crippen LogP contribution < -0.4 is 15.9 Å². The molecule has 0 bridgehead atoms. The Hall–Kier alpha value is -1.47. The summed E-state index contributed by atoms with van der Waals surface area (Å²) in [7, 11) is 0. The van der Waals surface area contributed by atoms with Crippen LogP contribution in [-0.4, -0.2) is 16.9 Å². The van der Waals surface area contributed by atoms with Gasteiger partial charge in [-0.3, -0.25) is 0 Å². The van der Waals surface area contributed by atoms with E-state index in [-0.39, 0.29) is 11.8 Å². The Bertz CT molecular complexity index is 783. The number of hydrogen-bond acceptors (Lipinski definition) is 1. The molecular formula is C26H32BrOP. The molecule has 3 aromatic carbocycles. The molecule has 0 radical (unpaired) electrons. The quantitative estimate of drug-likeness (QED) is 0.371. The molecule has 0 aliphatic heterocycles. The van der Waals surface area contributed by atoms with Crippen molar-refractivity contribution in [1.29, 1.82) is 0 Å². The molecule has 1 nitrogen and oxygen atoms in total. The first-order valence-electron chi connectivity index (χ1n) is 10.7. The SMILES string of the molecule is CCCC(O)C(CCC)P(Br)(c1ccccc1)(c1ccccc1)c1ccccc1. The van der Waals surface area contributed by atoms with Gasteiger partial charge in [0.05, 0.1) is 0 Å². The van der Waals surface area contributed by atoms with Crippen LogP contribution >= 0.6 is 20.8 Å². The van der Waals surface area contributed by atoms with Gasteiger partial charge in [-0.2, -0.15) is 0 Å². The van der Waals surface area contributed by atoms with Gasteiger partial charge < -0.3 is 0 Å². The molecule has 3 heteroatoms. The Morgan fingerprint density at radius 2 is 1.00 bits per heavy atom. The van der Waals surface area contributed by atoms with Crippen LogP contribution in [0.1, 0.15) is 39.5 Å². The van der Waals surface area contributed by atoms with Gasteiger partial charge in [0.25, 0.3) is 0 Å². The normalized spacial score (nSPS) is 15.2. The minimum atomic E-state index is -3.13. The van der Waals surface area contributed by atoms with Gasteiger partial charge in [0.2, 0.25) is 0 Å². The average molecular weight is 471 g/mol. The Morgan fingerprint density at radius 1 is 0.655 bits per heavy atom. The topological polar surface area (TPSA) is 20.2 Å². The molecule has 3 rings (SSSR count). The molecule has 0 aromatic heterocycles. The summed E-state index contributed by atoms with van der Waals surface area (Å²) >= 11 is 4.53. The van der Waals surface area contributed by atoms with Gasteiger partial charge in [0.15, 0.2) is 0 Å². The molecular weight excluding hydrogens is 439 g/mol. The molecule has 2 atom stereocenters. The Balaban J connectivity index is 2.47. The van der Waals surface area contributed by atoms with E-state index in [1.54, 1.807) is 0 Å². The first-order chi connectivity index (χ1) is 14.1. The number of halogens is 1. The molecule has 0 spiro atoms. The van der Waals surface area contributed by atoms with Gasteiger partial charge in [-0.15, -0.1) is 0 Å². The van der Waals surface area contributed by atoms with Crippen LogP contribution in [0.3, 0.4) is 0 Å². The van der Waals surface area contributed by atoms with Crippen molar-refractivity contribution in [2.75, 3.05) is 0 Å². The zero-order valence-electron chi connectivity index (χ0n) is 17.4. The summed E-state index contributed by atoms with van der Waals surface area (Å²) in [6.07, 6.45) is 3.39. The second-order valence-electron chi connectivity index (χ2n) is 7.79. The van der Waals surface area contributed by atoms with Crippen molar-refractivity contribution in [3.8, 4) is 0 Å². The van der Waals surface area contributed by atoms with E-state index in [0.717, 1.165) is 25.7 Å². The molecule has 0 heterocycles. The maximum absolute atomic E-state index is 11.5. The Kier molecular flexibility index (Phi) is 7.32. The van der Waals surface area contributed by atoms with Crippen LogP contribution in [-0.2, 0) is 0 Å². The maximum atomic E-state index is 11.5. The summed E-state index contributed by atoms with van der Waals surface area (Å²) in [4.78, 5) is 0. The summed E-state index contributed by atoms with van der Waals surface area (Å²) < 4.78 is 0. The predicted molar refractivity (Wildman–Crippen MR) is 134 cm³/mol. The molecule has 0 saturated carbocycles. The molecule has 0 aliphatic rings. The van der Waals surface area contributed by atoms with Gasteiger partial charge in [0.1, 0.15) is 0 Å². The minimum absolute atomic E-state index is 0.0955. The third-order valence-electron chi connectivity index (χ3n) is 6.02. The van der Waals surface area contributed by atoms with Crippen molar-refractivity contribution in [2.45, 2.75) is 51.3 Å². The van der Waals surface area contributed by atoms with Crippen LogP contribution in [0.5, 0.6) is 0 Å². The molecule has 154 valence electrons. The fourth-order valence-corrected chi connectivity index (χ4v) is 14.1. The number of benzene rings is 3. The third-order valence-corrected chi connectivity index (χ3v) is 17.1. The molecule has 3 aromatic rings. The van der Waals surface area contributed by atoms with E-state index in [9.17, 15) is 5.11 Å². The van der Waals surface area contributed by atoms with Crippen LogP contribution in [0.15, 0.2) is 91.0 Å². The van der Waals surface area contributed by atoms with Crippen LogP contribution in [0, 0.1) is 0 Å². The van der Waals surface area contributed by atoms with E-state index in [4.69, 9.17) is 0 Å². The molecule has 0 fully saturated rings. The molecule has 0 amide bonds. The van der Waals surface area contributed by atoms with E-state index in [1.807, 2.05) is 0 Å². The summed E-state index contributed by atoms with van der Waals surface area (Å²) in [6, 6.07) is 32.4. The van der Waals surface area contributed by atoms with E-state index in [0.29, 0.717) is 0 Å². The fourth-order valence-electron chi connectivity index (χ4n) is 4.72. The zero-order chi connectivity index (χ0) is 20.8. The second-order valence-corrected chi connectivity index (χ2v) is 16.6. The summed E-state index contributed by atoms with van der Waals surface area (Å²) in [5.41, 5.74) is 0.0955. The average Bonchev–Trinajstić information content (AvgIpc) is 2.79. The van der Waals surface area contributed by atoms with Crippen molar-refractivity contribution >= 4 is 36.7 Å². The number of aliphatic hydroxyl groups is 1. The standard InChI is InChI=1S/C26H32BrOP/c1-3-14-25(28)26(15-4-2)29(27,22-16-8-5-9-17-22,23-18-10-6-11-19-23)24-20-12-7-13-21-24/h5-13,16-21,25-26,28H,3-4,14-15H2,1-2H3. The monoisotopic (exact) mass is 470 g/mol. The fraction of sp³-hybridized carbons (Fsp3) is 0.308. The van der Waals surface area contributed by atoms with Gasteiger partial charge in [-0.1, -0.05) is 0 Å². The number of hydrogen-bond donors (Lipinski definition) is 1. The van der Waals surface area contributed by atoms with Gasteiger partial charge >= 0.3 is 184 Å². The van der Waals surface area contributed by atoms with Crippen LogP contribution in [0.2, 0.25) is 0 Å². The van der Waals surface area contributed by atoms with Crippen molar-refractivity contribution in [3.05, 3.63) is 91.0 Å². The molecule has 2 unspecified atom stereocenters. The summed E-state index contributed by atoms with van der Waals surface area (Å²) in [5, 5.41) is 12.2. The van der Waals surface area contributed by atoms with Crippen LogP contribution in [0.25, 0.3) is 0 Å². The first-order valence-corrected chi connectivity index (χ1v) is 15.0. The van der Waals surface area contributed by atoms with Crippen molar-refractivity contribution in [2.24, 2.45) is 0 Å². The predicted octanol–water partition coefficient (Wildman–Crippen LogP) is 6.16. The van der Waals surface area contributed by atoms with Gasteiger partial charge in [0, 0.05) is 0 Å². The Labute approximate surface area is 183 Å².